The summed E-state index contributed by atoms with van der Waals surface area (Å²) >= 11 is 0. The van der Waals surface area contributed by atoms with Crippen molar-refractivity contribution in [2.24, 2.45) is 10.9 Å². The molecular weight excluding hydrogens is 417 g/mol. The molecule has 1 saturated carbocycles. The molecule has 1 aliphatic carbocycles. The van der Waals surface area contributed by atoms with Crippen LogP contribution in [-0.4, -0.2) is 54.5 Å². The first-order chi connectivity index (χ1) is 11.1. The first-order valence-electron chi connectivity index (χ1n) is 8.29. The number of nitrogens with one attached hydrogen (secondary N) is 2. The molecule has 2 atom stereocenters. The third-order valence-electron chi connectivity index (χ3n) is 4.00. The van der Waals surface area contributed by atoms with Crippen LogP contribution in [0.1, 0.15) is 26.0 Å². The van der Waals surface area contributed by atoms with Gasteiger partial charge in [0.2, 0.25) is 5.91 Å². The Labute approximate surface area is 161 Å². The maximum atomic E-state index is 12.2. The predicted octanol–water partition coefficient (Wildman–Crippen LogP) is 1.66. The number of carbonyl (C=O) groups excluding carboxylic acids is 1. The van der Waals surface area contributed by atoms with Gasteiger partial charge in [0.25, 0.3) is 0 Å². The molecule has 7 heteroatoms. The number of nitrogens with zero attached hydrogens (tertiary/aromatic N) is 3. The van der Waals surface area contributed by atoms with Crippen LogP contribution in [-0.2, 0) is 11.2 Å². The molecule has 6 nitrogen and oxygen atoms in total. The zero-order chi connectivity index (χ0) is 16.7. The first kappa shape index (κ1) is 20.7. The van der Waals surface area contributed by atoms with Gasteiger partial charge in [-0.05, 0) is 31.4 Å². The number of rotatable bonds is 7. The van der Waals surface area contributed by atoms with Crippen LogP contribution in [0.2, 0.25) is 0 Å². The topological polar surface area (TPSA) is 69.6 Å². The summed E-state index contributed by atoms with van der Waals surface area (Å²) in [6.45, 7) is 5.83. The molecule has 1 fully saturated rings. The molecule has 0 radical (unpaired) electrons. The molecule has 1 aliphatic rings. The summed E-state index contributed by atoms with van der Waals surface area (Å²) in [7, 11) is 1.81. The molecule has 0 saturated heterocycles. The second kappa shape index (κ2) is 10.5. The van der Waals surface area contributed by atoms with Gasteiger partial charge in [0.15, 0.2) is 5.96 Å². The number of likely N-dealkylation sites (N-methyl/N-ethyl adjacent to an activating group) is 1. The number of guanidine groups is 1. The van der Waals surface area contributed by atoms with E-state index in [1.165, 1.54) is 6.42 Å². The van der Waals surface area contributed by atoms with Crippen LogP contribution in [0, 0.1) is 5.92 Å². The van der Waals surface area contributed by atoms with E-state index in [1.54, 1.807) is 11.1 Å². The minimum atomic E-state index is 0. The second-order valence-corrected chi connectivity index (χ2v) is 6.05. The molecular formula is C17H28IN5O. The zero-order valence-corrected chi connectivity index (χ0v) is 17.0. The lowest BCUT2D eigenvalue weighted by Crippen LogP contribution is -2.40. The molecule has 24 heavy (non-hydrogen) atoms. The molecule has 0 aromatic carbocycles. The Morgan fingerprint density at radius 1 is 1.46 bits per heavy atom. The Morgan fingerprint density at radius 2 is 2.21 bits per heavy atom. The minimum Gasteiger partial charge on any atom is -0.357 e. The minimum absolute atomic E-state index is 0. The Hall–Kier alpha value is -1.38. The summed E-state index contributed by atoms with van der Waals surface area (Å²) in [4.78, 5) is 22.6. The Bertz CT molecular complexity index is 537. The van der Waals surface area contributed by atoms with E-state index in [-0.39, 0.29) is 36.4 Å². The Morgan fingerprint density at radius 3 is 2.79 bits per heavy atom. The van der Waals surface area contributed by atoms with Gasteiger partial charge in [-0.15, -0.1) is 24.0 Å². The third kappa shape index (κ3) is 7.02. The molecule has 134 valence electrons. The molecule has 2 rings (SSSR count). The van der Waals surface area contributed by atoms with Crippen LogP contribution in [0.25, 0.3) is 0 Å². The van der Waals surface area contributed by atoms with Crippen molar-refractivity contribution in [3.05, 3.63) is 30.1 Å². The van der Waals surface area contributed by atoms with Gasteiger partial charge in [0.1, 0.15) is 6.54 Å². The van der Waals surface area contributed by atoms with Gasteiger partial charge >= 0.3 is 0 Å². The van der Waals surface area contributed by atoms with Gasteiger partial charge in [-0.2, -0.15) is 0 Å². The van der Waals surface area contributed by atoms with Crippen molar-refractivity contribution < 1.29 is 4.79 Å². The van der Waals surface area contributed by atoms with E-state index in [1.807, 2.05) is 32.2 Å². The summed E-state index contributed by atoms with van der Waals surface area (Å²) in [5, 5.41) is 6.54. The van der Waals surface area contributed by atoms with E-state index in [0.29, 0.717) is 18.5 Å². The fourth-order valence-electron chi connectivity index (χ4n) is 2.24. The lowest BCUT2D eigenvalue weighted by molar-refractivity contribution is -0.128. The summed E-state index contributed by atoms with van der Waals surface area (Å²) < 4.78 is 0. The van der Waals surface area contributed by atoms with Crippen molar-refractivity contribution in [2.45, 2.75) is 32.7 Å². The number of amides is 1. The fraction of sp³-hybridized carbons (Fsp3) is 0.588. The van der Waals surface area contributed by atoms with Gasteiger partial charge in [0, 0.05) is 44.5 Å². The van der Waals surface area contributed by atoms with Gasteiger partial charge < -0.3 is 15.5 Å². The van der Waals surface area contributed by atoms with Crippen LogP contribution in [0.4, 0.5) is 0 Å². The van der Waals surface area contributed by atoms with Crippen molar-refractivity contribution >= 4 is 35.8 Å². The van der Waals surface area contributed by atoms with Crippen LogP contribution in [0.5, 0.6) is 0 Å². The number of aromatic nitrogens is 1. The predicted molar refractivity (Wildman–Crippen MR) is 108 cm³/mol. The van der Waals surface area contributed by atoms with Crippen molar-refractivity contribution in [1.82, 2.24) is 20.5 Å². The van der Waals surface area contributed by atoms with Gasteiger partial charge in [-0.25, -0.2) is 4.99 Å². The summed E-state index contributed by atoms with van der Waals surface area (Å²) in [5.41, 5.74) is 0.994. The normalized spacial score (nSPS) is 19.2. The van der Waals surface area contributed by atoms with E-state index < -0.39 is 0 Å². The molecule has 1 aromatic rings. The molecule has 1 heterocycles. The van der Waals surface area contributed by atoms with E-state index in [0.717, 1.165) is 24.6 Å². The molecule has 1 amide bonds. The third-order valence-corrected chi connectivity index (χ3v) is 4.00. The smallest absolute Gasteiger partial charge is 0.244 e. The van der Waals surface area contributed by atoms with Crippen molar-refractivity contribution in [1.29, 1.82) is 0 Å². The number of hydrogen-bond donors (Lipinski definition) is 2. The number of halogens is 1. The highest BCUT2D eigenvalue weighted by molar-refractivity contribution is 14.0. The van der Waals surface area contributed by atoms with Crippen LogP contribution in [0.3, 0.4) is 0 Å². The van der Waals surface area contributed by atoms with Crippen molar-refractivity contribution in [3.63, 3.8) is 0 Å². The molecule has 0 bridgehead atoms. The van der Waals surface area contributed by atoms with Crippen molar-refractivity contribution in [3.8, 4) is 0 Å². The maximum Gasteiger partial charge on any atom is 0.244 e. The number of pyridine rings is 1. The average Bonchev–Trinajstić information content (AvgIpc) is 3.26. The SMILES string of the molecule is CCNC(=NCC(=O)N(C)CCc1ccccn1)NC1CC1C.I. The standard InChI is InChI=1S/C17H27N5O.HI/c1-4-18-17(21-15-11-13(15)2)20-12-16(23)22(3)10-8-14-7-5-6-9-19-14;/h5-7,9,13,15H,4,8,10-12H2,1-3H3,(H2,18,20,21);1H. The van der Waals surface area contributed by atoms with E-state index in [9.17, 15) is 4.79 Å². The summed E-state index contributed by atoms with van der Waals surface area (Å²) in [6, 6.07) is 6.32. The number of aliphatic imine (C=N–C) groups is 1. The lowest BCUT2D eigenvalue weighted by atomic mass is 10.2. The van der Waals surface area contributed by atoms with Gasteiger partial charge in [-0.1, -0.05) is 13.0 Å². The zero-order valence-electron chi connectivity index (χ0n) is 14.7. The molecule has 0 aliphatic heterocycles. The Balaban J connectivity index is 0.00000288. The monoisotopic (exact) mass is 445 g/mol. The first-order valence-corrected chi connectivity index (χ1v) is 8.29. The van der Waals surface area contributed by atoms with Gasteiger partial charge in [-0.3, -0.25) is 9.78 Å². The number of hydrogen-bond acceptors (Lipinski definition) is 3. The van der Waals surface area contributed by atoms with Gasteiger partial charge in [0.05, 0.1) is 0 Å². The highest BCUT2D eigenvalue weighted by Gasteiger charge is 2.33. The largest absolute Gasteiger partial charge is 0.357 e. The summed E-state index contributed by atoms with van der Waals surface area (Å²) in [6.07, 6.45) is 3.70. The quantitative estimate of drug-likeness (QED) is 0.381. The molecule has 2 unspecified atom stereocenters. The average molecular weight is 445 g/mol. The van der Waals surface area contributed by atoms with Crippen LogP contribution in [0.15, 0.2) is 29.4 Å². The number of carbonyl (C=O) groups is 1. The van der Waals surface area contributed by atoms with Crippen LogP contribution >= 0.6 is 24.0 Å². The molecule has 0 spiro atoms. The van der Waals surface area contributed by atoms with E-state index in [4.69, 9.17) is 0 Å². The lowest BCUT2D eigenvalue weighted by Gasteiger charge is -2.16. The fourth-order valence-corrected chi connectivity index (χ4v) is 2.24. The second-order valence-electron chi connectivity index (χ2n) is 6.05. The summed E-state index contributed by atoms with van der Waals surface area (Å²) in [5.74, 6) is 1.44. The van der Waals surface area contributed by atoms with E-state index in [2.05, 4.69) is 27.5 Å². The highest BCUT2D eigenvalue weighted by atomic mass is 127. The van der Waals surface area contributed by atoms with Crippen LogP contribution < -0.4 is 10.6 Å². The highest BCUT2D eigenvalue weighted by Crippen LogP contribution is 2.28. The maximum absolute atomic E-state index is 12.2. The molecule has 1 aromatic heterocycles. The van der Waals surface area contributed by atoms with Crippen molar-refractivity contribution in [2.75, 3.05) is 26.7 Å². The van der Waals surface area contributed by atoms with E-state index >= 15 is 0 Å². The molecule has 2 N–H and O–H groups in total. The Kier molecular flexibility index (Phi) is 9.02.